The van der Waals surface area contributed by atoms with Crippen LogP contribution in [0.4, 0.5) is 5.69 Å². The molecule has 0 aliphatic carbocycles. The van der Waals surface area contributed by atoms with Crippen LogP contribution in [0.25, 0.3) is 16.6 Å². The summed E-state index contributed by atoms with van der Waals surface area (Å²) in [5, 5.41) is 3.77. The Kier molecular flexibility index (Phi) is 3.54. The summed E-state index contributed by atoms with van der Waals surface area (Å²) < 4.78 is 0. The molecule has 5 heteroatoms. The SMILES string of the molecule is C=C1c2ccccc2C(=O)N1CC(=O)Nc1ccc2ncccc2c1. The van der Waals surface area contributed by atoms with Gasteiger partial charge in [-0.25, -0.2) is 0 Å². The summed E-state index contributed by atoms with van der Waals surface area (Å²) >= 11 is 0. The topological polar surface area (TPSA) is 62.3 Å². The van der Waals surface area contributed by atoms with Crippen LogP contribution < -0.4 is 5.32 Å². The van der Waals surface area contributed by atoms with Crippen molar-refractivity contribution < 1.29 is 9.59 Å². The molecule has 1 aliphatic heterocycles. The number of carbonyl (C=O) groups is 2. The number of rotatable bonds is 3. The fraction of sp³-hybridized carbons (Fsp3) is 0.0500. The number of carbonyl (C=O) groups excluding carboxylic acids is 2. The Morgan fingerprint density at radius 1 is 1.08 bits per heavy atom. The van der Waals surface area contributed by atoms with Gasteiger partial charge in [0.2, 0.25) is 5.91 Å². The highest BCUT2D eigenvalue weighted by molar-refractivity contribution is 6.11. The fourth-order valence-corrected chi connectivity index (χ4v) is 3.00. The number of nitrogens with one attached hydrogen (secondary N) is 1. The normalized spacial score (nSPS) is 13.2. The van der Waals surface area contributed by atoms with Gasteiger partial charge < -0.3 is 5.32 Å². The first-order valence-corrected chi connectivity index (χ1v) is 7.88. The van der Waals surface area contributed by atoms with Crippen molar-refractivity contribution in [1.29, 1.82) is 0 Å². The van der Waals surface area contributed by atoms with Gasteiger partial charge in [0, 0.05) is 34.1 Å². The molecule has 2 amide bonds. The van der Waals surface area contributed by atoms with E-state index in [1.54, 1.807) is 24.4 Å². The van der Waals surface area contributed by atoms with E-state index in [1.165, 1.54) is 4.90 Å². The average Bonchev–Trinajstić information content (AvgIpc) is 2.87. The van der Waals surface area contributed by atoms with Crippen molar-refractivity contribution in [2.45, 2.75) is 0 Å². The monoisotopic (exact) mass is 329 g/mol. The molecule has 2 aromatic carbocycles. The quantitative estimate of drug-likeness (QED) is 0.802. The van der Waals surface area contributed by atoms with Gasteiger partial charge in [-0.05, 0) is 30.3 Å². The molecule has 0 saturated carbocycles. The number of benzene rings is 2. The lowest BCUT2D eigenvalue weighted by Gasteiger charge is -2.17. The van der Waals surface area contributed by atoms with Gasteiger partial charge in [-0.15, -0.1) is 0 Å². The van der Waals surface area contributed by atoms with E-state index < -0.39 is 0 Å². The Hall–Kier alpha value is -3.47. The molecule has 4 rings (SSSR count). The minimum Gasteiger partial charge on any atom is -0.325 e. The van der Waals surface area contributed by atoms with Crippen LogP contribution in [-0.4, -0.2) is 28.2 Å². The van der Waals surface area contributed by atoms with E-state index in [0.29, 0.717) is 16.9 Å². The molecule has 2 heterocycles. The smallest absolute Gasteiger partial charge is 0.259 e. The molecule has 1 N–H and O–H groups in total. The molecule has 0 unspecified atom stereocenters. The second-order valence-corrected chi connectivity index (χ2v) is 5.84. The minimum absolute atomic E-state index is 0.0720. The van der Waals surface area contributed by atoms with Gasteiger partial charge in [0.15, 0.2) is 0 Å². The number of hydrogen-bond acceptors (Lipinski definition) is 3. The molecule has 1 aromatic heterocycles. The summed E-state index contributed by atoms with van der Waals surface area (Å²) in [6.07, 6.45) is 1.73. The predicted octanol–water partition coefficient (Wildman–Crippen LogP) is 3.30. The van der Waals surface area contributed by atoms with Crippen LogP contribution in [0.1, 0.15) is 15.9 Å². The molecule has 25 heavy (non-hydrogen) atoms. The molecule has 0 radical (unpaired) electrons. The maximum Gasteiger partial charge on any atom is 0.259 e. The van der Waals surface area contributed by atoms with E-state index in [1.807, 2.05) is 36.4 Å². The summed E-state index contributed by atoms with van der Waals surface area (Å²) in [6, 6.07) is 16.5. The summed E-state index contributed by atoms with van der Waals surface area (Å²) in [7, 11) is 0. The van der Waals surface area contributed by atoms with Crippen molar-refractivity contribution in [3.05, 3.63) is 78.5 Å². The van der Waals surface area contributed by atoms with E-state index in [0.717, 1.165) is 16.5 Å². The Morgan fingerprint density at radius 2 is 1.88 bits per heavy atom. The van der Waals surface area contributed by atoms with E-state index in [4.69, 9.17) is 0 Å². The lowest BCUT2D eigenvalue weighted by Crippen LogP contribution is -2.32. The zero-order valence-electron chi connectivity index (χ0n) is 13.4. The molecule has 0 bridgehead atoms. The number of fused-ring (bicyclic) bond motifs is 2. The van der Waals surface area contributed by atoms with Crippen molar-refractivity contribution in [3.63, 3.8) is 0 Å². The van der Waals surface area contributed by atoms with Crippen molar-refractivity contribution in [2.75, 3.05) is 11.9 Å². The standard InChI is InChI=1S/C20H15N3O2/c1-13-16-6-2-3-7-17(16)20(25)23(13)12-19(24)22-15-8-9-18-14(11-15)5-4-10-21-18/h2-11H,1,12H2,(H,22,24). The van der Waals surface area contributed by atoms with Gasteiger partial charge >= 0.3 is 0 Å². The van der Waals surface area contributed by atoms with Gasteiger partial charge in [-0.2, -0.15) is 0 Å². The van der Waals surface area contributed by atoms with Crippen molar-refractivity contribution in [1.82, 2.24) is 9.88 Å². The van der Waals surface area contributed by atoms with Gasteiger partial charge in [0.25, 0.3) is 5.91 Å². The van der Waals surface area contributed by atoms with Gasteiger partial charge in [0.1, 0.15) is 6.54 Å². The summed E-state index contributed by atoms with van der Waals surface area (Å²) in [5.41, 5.74) is 3.44. The molecule has 5 nitrogen and oxygen atoms in total. The van der Waals surface area contributed by atoms with Gasteiger partial charge in [-0.1, -0.05) is 30.8 Å². The molecule has 0 saturated heterocycles. The van der Waals surface area contributed by atoms with E-state index >= 15 is 0 Å². The van der Waals surface area contributed by atoms with Crippen LogP contribution in [0.3, 0.4) is 0 Å². The Balaban J connectivity index is 1.51. The second kappa shape index (κ2) is 5.87. The highest BCUT2D eigenvalue weighted by atomic mass is 16.2. The number of amides is 2. The van der Waals surface area contributed by atoms with Crippen LogP contribution in [0.15, 0.2) is 67.4 Å². The predicted molar refractivity (Wildman–Crippen MR) is 96.9 cm³/mol. The molecule has 0 spiro atoms. The number of pyridine rings is 1. The van der Waals surface area contributed by atoms with Crippen LogP contribution in [-0.2, 0) is 4.79 Å². The van der Waals surface area contributed by atoms with Gasteiger partial charge in [0.05, 0.1) is 5.52 Å². The van der Waals surface area contributed by atoms with E-state index in [2.05, 4.69) is 16.9 Å². The van der Waals surface area contributed by atoms with Crippen LogP contribution in [0.2, 0.25) is 0 Å². The lowest BCUT2D eigenvalue weighted by atomic mass is 10.1. The Labute approximate surface area is 144 Å². The molecule has 0 atom stereocenters. The van der Waals surface area contributed by atoms with E-state index in [9.17, 15) is 9.59 Å². The average molecular weight is 329 g/mol. The summed E-state index contributed by atoms with van der Waals surface area (Å²) in [5.74, 6) is -0.469. The first-order valence-electron chi connectivity index (χ1n) is 7.88. The van der Waals surface area contributed by atoms with Crippen LogP contribution in [0.5, 0.6) is 0 Å². The van der Waals surface area contributed by atoms with Crippen molar-refractivity contribution >= 4 is 34.1 Å². The second-order valence-electron chi connectivity index (χ2n) is 5.84. The minimum atomic E-state index is -0.273. The van der Waals surface area contributed by atoms with E-state index in [-0.39, 0.29) is 18.4 Å². The number of hydrogen-bond donors (Lipinski definition) is 1. The molecule has 1 aliphatic rings. The fourth-order valence-electron chi connectivity index (χ4n) is 3.00. The highest BCUT2D eigenvalue weighted by Crippen LogP contribution is 2.30. The largest absolute Gasteiger partial charge is 0.325 e. The molecule has 0 fully saturated rings. The summed E-state index contributed by atoms with van der Waals surface area (Å²) in [4.78, 5) is 30.5. The zero-order valence-corrected chi connectivity index (χ0v) is 13.4. The number of anilines is 1. The molecule has 3 aromatic rings. The van der Waals surface area contributed by atoms with Crippen molar-refractivity contribution in [3.8, 4) is 0 Å². The van der Waals surface area contributed by atoms with Crippen molar-refractivity contribution in [2.24, 2.45) is 0 Å². The lowest BCUT2D eigenvalue weighted by molar-refractivity contribution is -0.116. The first-order chi connectivity index (χ1) is 12.1. The zero-order chi connectivity index (χ0) is 17.4. The molecular weight excluding hydrogens is 314 g/mol. The molecule has 122 valence electrons. The third-order valence-corrected chi connectivity index (χ3v) is 4.23. The number of aromatic nitrogens is 1. The third kappa shape index (κ3) is 2.65. The molecular formula is C20H15N3O2. The van der Waals surface area contributed by atoms with Crippen LogP contribution in [0, 0.1) is 0 Å². The number of nitrogens with zero attached hydrogens (tertiary/aromatic N) is 2. The van der Waals surface area contributed by atoms with Crippen LogP contribution >= 0.6 is 0 Å². The Bertz CT molecular complexity index is 991. The first kappa shape index (κ1) is 15.1. The summed E-state index contributed by atoms with van der Waals surface area (Å²) in [6.45, 7) is 3.87. The highest BCUT2D eigenvalue weighted by Gasteiger charge is 2.31. The third-order valence-electron chi connectivity index (χ3n) is 4.23. The van der Waals surface area contributed by atoms with Gasteiger partial charge in [-0.3, -0.25) is 19.5 Å². The maximum atomic E-state index is 12.4. The Morgan fingerprint density at radius 3 is 2.68 bits per heavy atom. The maximum absolute atomic E-state index is 12.4.